The summed E-state index contributed by atoms with van der Waals surface area (Å²) in [5.74, 6) is 0.142. The van der Waals surface area contributed by atoms with Gasteiger partial charge in [0.1, 0.15) is 6.61 Å². The van der Waals surface area contributed by atoms with Crippen LogP contribution in [0.4, 0.5) is 0 Å². The van der Waals surface area contributed by atoms with Crippen molar-refractivity contribution in [3.63, 3.8) is 0 Å². The minimum Gasteiger partial charge on any atom is -0.377 e. The zero-order chi connectivity index (χ0) is 30.4. The van der Waals surface area contributed by atoms with Gasteiger partial charge in [-0.05, 0) is 36.1 Å². The second-order valence-corrected chi connectivity index (χ2v) is 9.75. The Morgan fingerprint density at radius 3 is 1.71 bits per heavy atom. The van der Waals surface area contributed by atoms with Crippen LogP contribution >= 0.6 is 0 Å². The molecule has 0 saturated heterocycles. The van der Waals surface area contributed by atoms with Crippen LogP contribution in [0.5, 0.6) is 0 Å². The minimum atomic E-state index is -0.161. The Morgan fingerprint density at radius 2 is 1.24 bits per heavy atom. The SMILES string of the molecule is CNC(=O)COCCOCCOCCOCCOCCOCCNC(=O)c1ccc(C(C)n2cc(C(C)C)cn2)cc1. The number of ether oxygens (including phenoxy) is 6. The van der Waals surface area contributed by atoms with Crippen LogP contribution in [0.25, 0.3) is 0 Å². The maximum absolute atomic E-state index is 12.4. The first-order chi connectivity index (χ1) is 20.4. The van der Waals surface area contributed by atoms with E-state index in [4.69, 9.17) is 28.4 Å². The molecule has 42 heavy (non-hydrogen) atoms. The molecule has 0 fully saturated rings. The van der Waals surface area contributed by atoms with Crippen molar-refractivity contribution >= 4 is 11.8 Å². The largest absolute Gasteiger partial charge is 0.377 e. The van der Waals surface area contributed by atoms with Crippen LogP contribution in [0.15, 0.2) is 36.7 Å². The Balaban J connectivity index is 1.38. The topological polar surface area (TPSA) is 131 Å². The van der Waals surface area contributed by atoms with Gasteiger partial charge in [0.2, 0.25) is 5.91 Å². The Hall–Kier alpha value is -2.87. The summed E-state index contributed by atoms with van der Waals surface area (Å²) in [5, 5.41) is 9.83. The summed E-state index contributed by atoms with van der Waals surface area (Å²) in [6, 6.07) is 7.69. The van der Waals surface area contributed by atoms with Gasteiger partial charge in [-0.3, -0.25) is 14.3 Å². The molecule has 12 nitrogen and oxygen atoms in total. The van der Waals surface area contributed by atoms with E-state index in [9.17, 15) is 9.59 Å². The number of hydrogen-bond donors (Lipinski definition) is 2. The number of rotatable bonds is 24. The zero-order valence-corrected chi connectivity index (χ0v) is 25.5. The van der Waals surface area contributed by atoms with E-state index in [1.165, 1.54) is 5.56 Å². The lowest BCUT2D eigenvalue weighted by atomic mass is 10.1. The number of carbonyl (C=O) groups excluding carboxylic acids is 2. The van der Waals surface area contributed by atoms with Crippen molar-refractivity contribution in [3.8, 4) is 0 Å². The first kappa shape index (κ1) is 35.3. The molecular weight excluding hydrogens is 544 g/mol. The fourth-order valence-electron chi connectivity index (χ4n) is 3.60. The van der Waals surface area contributed by atoms with Gasteiger partial charge < -0.3 is 39.1 Å². The van der Waals surface area contributed by atoms with Crippen LogP contribution in [0, 0.1) is 0 Å². The number of nitrogens with one attached hydrogen (secondary N) is 2. The molecule has 1 atom stereocenters. The average Bonchev–Trinajstić information content (AvgIpc) is 3.50. The van der Waals surface area contributed by atoms with Crippen LogP contribution in [0.1, 0.15) is 54.2 Å². The van der Waals surface area contributed by atoms with Crippen molar-refractivity contribution in [3.05, 3.63) is 53.3 Å². The average molecular weight is 593 g/mol. The number of nitrogens with zero attached hydrogens (tertiary/aromatic N) is 2. The first-order valence-corrected chi connectivity index (χ1v) is 14.5. The Morgan fingerprint density at radius 1 is 0.738 bits per heavy atom. The second-order valence-electron chi connectivity index (χ2n) is 9.75. The van der Waals surface area contributed by atoms with Crippen LogP contribution < -0.4 is 10.6 Å². The number of carbonyl (C=O) groups is 2. The van der Waals surface area contributed by atoms with Gasteiger partial charge in [-0.2, -0.15) is 5.10 Å². The second kappa shape index (κ2) is 21.8. The molecule has 1 unspecified atom stereocenters. The van der Waals surface area contributed by atoms with E-state index < -0.39 is 0 Å². The molecule has 0 aliphatic carbocycles. The van der Waals surface area contributed by atoms with Crippen LogP contribution in [0.3, 0.4) is 0 Å². The molecule has 0 spiro atoms. The molecule has 0 saturated carbocycles. The van der Waals surface area contributed by atoms with Gasteiger partial charge in [-0.25, -0.2) is 0 Å². The molecule has 12 heteroatoms. The van der Waals surface area contributed by atoms with E-state index in [-0.39, 0.29) is 24.5 Å². The van der Waals surface area contributed by atoms with Gasteiger partial charge in [0.25, 0.3) is 5.91 Å². The Bertz CT molecular complexity index is 999. The highest BCUT2D eigenvalue weighted by atomic mass is 16.6. The monoisotopic (exact) mass is 592 g/mol. The molecule has 2 N–H and O–H groups in total. The predicted molar refractivity (Wildman–Crippen MR) is 158 cm³/mol. The smallest absolute Gasteiger partial charge is 0.251 e. The lowest BCUT2D eigenvalue weighted by Crippen LogP contribution is -2.27. The molecule has 0 bridgehead atoms. The third-order valence-corrected chi connectivity index (χ3v) is 6.24. The van der Waals surface area contributed by atoms with Gasteiger partial charge in [-0.1, -0.05) is 26.0 Å². The van der Waals surface area contributed by atoms with E-state index in [0.29, 0.717) is 90.7 Å². The van der Waals surface area contributed by atoms with Crippen LogP contribution in [-0.4, -0.2) is 114 Å². The standard InChI is InChI=1S/C30H48N4O8/c1-24(2)28-21-33-34(22-28)25(3)26-5-7-27(8-6-26)30(36)32-9-10-37-11-12-38-13-14-39-15-16-40-17-18-41-19-20-42-23-29(35)31-4/h5-8,21-22,24-25H,9-20,23H2,1-4H3,(H,31,35)(H,32,36). The molecular formula is C30H48N4O8. The number of aromatic nitrogens is 2. The van der Waals surface area contributed by atoms with Crippen molar-refractivity contribution in [2.45, 2.75) is 32.7 Å². The normalized spacial score (nSPS) is 12.0. The van der Waals surface area contributed by atoms with E-state index in [2.05, 4.69) is 42.7 Å². The number of likely N-dealkylation sites (N-methyl/N-ethyl adjacent to an activating group) is 1. The molecule has 1 heterocycles. The Labute approximate surface area is 249 Å². The van der Waals surface area contributed by atoms with Gasteiger partial charge in [0, 0.05) is 25.4 Å². The summed E-state index contributed by atoms with van der Waals surface area (Å²) in [5.41, 5.74) is 2.91. The highest BCUT2D eigenvalue weighted by Gasteiger charge is 2.12. The molecule has 1 aromatic heterocycles. The summed E-state index contributed by atoms with van der Waals surface area (Å²) in [7, 11) is 1.56. The number of hydrogen-bond acceptors (Lipinski definition) is 9. The van der Waals surface area contributed by atoms with Gasteiger partial charge in [0.15, 0.2) is 0 Å². The van der Waals surface area contributed by atoms with Gasteiger partial charge >= 0.3 is 0 Å². The summed E-state index contributed by atoms with van der Waals surface area (Å²) in [6.45, 7) is 11.7. The summed E-state index contributed by atoms with van der Waals surface area (Å²) in [4.78, 5) is 23.4. The molecule has 0 aliphatic heterocycles. The highest BCUT2D eigenvalue weighted by Crippen LogP contribution is 2.20. The predicted octanol–water partition coefficient (Wildman–Crippen LogP) is 2.19. The maximum Gasteiger partial charge on any atom is 0.251 e. The molecule has 0 radical (unpaired) electrons. The summed E-state index contributed by atoms with van der Waals surface area (Å²) in [6.07, 6.45) is 3.98. The Kier molecular flexibility index (Phi) is 18.3. The maximum atomic E-state index is 12.4. The van der Waals surface area contributed by atoms with Crippen molar-refractivity contribution in [1.29, 1.82) is 0 Å². The molecule has 0 aliphatic rings. The minimum absolute atomic E-state index is 0.0362. The van der Waals surface area contributed by atoms with Crippen LogP contribution in [0.2, 0.25) is 0 Å². The van der Waals surface area contributed by atoms with E-state index in [1.54, 1.807) is 7.05 Å². The molecule has 2 aromatic rings. The number of amides is 2. The quantitative estimate of drug-likeness (QED) is 0.176. The fraction of sp³-hybridized carbons (Fsp3) is 0.633. The van der Waals surface area contributed by atoms with Crippen molar-refractivity contribution < 1.29 is 38.0 Å². The number of benzene rings is 1. The first-order valence-electron chi connectivity index (χ1n) is 14.5. The lowest BCUT2D eigenvalue weighted by molar-refractivity contribution is -0.125. The zero-order valence-electron chi connectivity index (χ0n) is 25.5. The highest BCUT2D eigenvalue weighted by molar-refractivity contribution is 5.94. The summed E-state index contributed by atoms with van der Waals surface area (Å²) < 4.78 is 34.3. The summed E-state index contributed by atoms with van der Waals surface area (Å²) >= 11 is 0. The van der Waals surface area contributed by atoms with Crippen molar-refractivity contribution in [2.24, 2.45) is 0 Å². The molecule has 236 valence electrons. The fourth-order valence-corrected chi connectivity index (χ4v) is 3.60. The van der Waals surface area contributed by atoms with Crippen molar-refractivity contribution in [2.75, 3.05) is 92.9 Å². The molecule has 2 rings (SSSR count). The van der Waals surface area contributed by atoms with Gasteiger partial charge in [-0.15, -0.1) is 0 Å². The van der Waals surface area contributed by atoms with E-state index in [0.717, 1.165) is 5.56 Å². The molecule has 2 amide bonds. The van der Waals surface area contributed by atoms with Crippen LogP contribution in [-0.2, 0) is 33.2 Å². The third kappa shape index (κ3) is 14.9. The van der Waals surface area contributed by atoms with E-state index in [1.807, 2.05) is 35.1 Å². The van der Waals surface area contributed by atoms with Crippen molar-refractivity contribution in [1.82, 2.24) is 20.4 Å². The lowest BCUT2D eigenvalue weighted by Gasteiger charge is -2.13. The van der Waals surface area contributed by atoms with Gasteiger partial charge in [0.05, 0.1) is 84.9 Å². The molecule has 1 aromatic carbocycles. The van der Waals surface area contributed by atoms with E-state index >= 15 is 0 Å². The third-order valence-electron chi connectivity index (χ3n) is 6.24.